The van der Waals surface area contributed by atoms with Crippen molar-refractivity contribution in [3.8, 4) is 6.07 Å². The fourth-order valence-corrected chi connectivity index (χ4v) is 1.40. The van der Waals surface area contributed by atoms with Gasteiger partial charge in [0.15, 0.2) is 0 Å². The van der Waals surface area contributed by atoms with E-state index in [0.717, 1.165) is 13.0 Å². The molecule has 1 heterocycles. The van der Waals surface area contributed by atoms with E-state index in [1.165, 1.54) is 0 Å². The summed E-state index contributed by atoms with van der Waals surface area (Å²) >= 11 is 0. The molecule has 1 saturated heterocycles. The number of rotatable bonds is 2. The van der Waals surface area contributed by atoms with Crippen molar-refractivity contribution in [2.45, 2.75) is 19.4 Å². The highest BCUT2D eigenvalue weighted by atomic mass is 16.2. The van der Waals surface area contributed by atoms with Gasteiger partial charge in [0.2, 0.25) is 0 Å². The third-order valence-corrected chi connectivity index (χ3v) is 2.18. The third-order valence-electron chi connectivity index (χ3n) is 2.18. The summed E-state index contributed by atoms with van der Waals surface area (Å²) in [4.78, 5) is 13.2. The summed E-state index contributed by atoms with van der Waals surface area (Å²) in [5.41, 5.74) is 0. The smallest absolute Gasteiger partial charge is 0.318 e. The number of piperazine rings is 1. The lowest BCUT2D eigenvalue weighted by atomic mass is 10.2. The molecule has 14 heavy (non-hydrogen) atoms. The number of carbonyl (C=O) groups is 1. The summed E-state index contributed by atoms with van der Waals surface area (Å²) in [6.45, 7) is 4.60. The van der Waals surface area contributed by atoms with E-state index in [2.05, 4.69) is 16.7 Å². The summed E-state index contributed by atoms with van der Waals surface area (Å²) < 4.78 is 0. The molecule has 5 heteroatoms. The number of urea groups is 1. The summed E-state index contributed by atoms with van der Waals surface area (Å²) in [6, 6.07) is 1.66. The maximum atomic E-state index is 11.6. The first-order valence-electron chi connectivity index (χ1n) is 4.94. The lowest BCUT2D eigenvalue weighted by Crippen LogP contribution is -2.55. The minimum atomic E-state index is -0.333. The Labute approximate surface area is 84.1 Å². The minimum absolute atomic E-state index is 0.125. The number of nitrogens with one attached hydrogen (secondary N) is 2. The molecule has 0 aromatic rings. The SMILES string of the molecule is CCCNC(=O)N1CCNCC1C#N. The molecule has 78 valence electrons. The van der Waals surface area contributed by atoms with Crippen molar-refractivity contribution in [2.24, 2.45) is 0 Å². The molecule has 5 nitrogen and oxygen atoms in total. The van der Waals surface area contributed by atoms with Crippen LogP contribution >= 0.6 is 0 Å². The number of nitrogens with zero attached hydrogens (tertiary/aromatic N) is 2. The second-order valence-corrected chi connectivity index (χ2v) is 3.27. The number of hydrogen-bond acceptors (Lipinski definition) is 3. The Kier molecular flexibility index (Phi) is 4.20. The van der Waals surface area contributed by atoms with Crippen LogP contribution in [0.5, 0.6) is 0 Å². The lowest BCUT2D eigenvalue weighted by molar-refractivity contribution is 0.175. The molecule has 1 atom stereocenters. The fraction of sp³-hybridized carbons (Fsp3) is 0.778. The summed E-state index contributed by atoms with van der Waals surface area (Å²) in [7, 11) is 0. The molecule has 1 unspecified atom stereocenters. The molecule has 0 aromatic carbocycles. The lowest BCUT2D eigenvalue weighted by Gasteiger charge is -2.31. The van der Waals surface area contributed by atoms with Crippen molar-refractivity contribution in [1.82, 2.24) is 15.5 Å². The monoisotopic (exact) mass is 196 g/mol. The second-order valence-electron chi connectivity index (χ2n) is 3.27. The van der Waals surface area contributed by atoms with Crippen molar-refractivity contribution in [2.75, 3.05) is 26.2 Å². The Morgan fingerprint density at radius 3 is 3.21 bits per heavy atom. The zero-order chi connectivity index (χ0) is 10.4. The van der Waals surface area contributed by atoms with E-state index in [1.807, 2.05) is 6.92 Å². The minimum Gasteiger partial charge on any atom is -0.338 e. The highest BCUT2D eigenvalue weighted by molar-refractivity contribution is 5.75. The van der Waals surface area contributed by atoms with Crippen LogP contribution in [0.15, 0.2) is 0 Å². The Bertz CT molecular complexity index is 235. The molecular weight excluding hydrogens is 180 g/mol. The fourth-order valence-electron chi connectivity index (χ4n) is 1.40. The number of carbonyl (C=O) groups excluding carboxylic acids is 1. The number of nitriles is 1. The Balaban J connectivity index is 2.47. The quantitative estimate of drug-likeness (QED) is 0.648. The molecule has 0 spiro atoms. The highest BCUT2D eigenvalue weighted by Crippen LogP contribution is 2.02. The molecule has 1 aliphatic heterocycles. The van der Waals surface area contributed by atoms with Crippen LogP contribution in [0.3, 0.4) is 0 Å². The van der Waals surface area contributed by atoms with Gasteiger partial charge in [0.25, 0.3) is 0 Å². The third kappa shape index (κ3) is 2.60. The standard InChI is InChI=1S/C9H16N4O/c1-2-3-12-9(14)13-5-4-11-7-8(13)6-10/h8,11H,2-5,7H2,1H3,(H,12,14). The van der Waals surface area contributed by atoms with Crippen LogP contribution in [0.2, 0.25) is 0 Å². The average Bonchev–Trinajstić information content (AvgIpc) is 2.25. The van der Waals surface area contributed by atoms with Crippen LogP contribution < -0.4 is 10.6 Å². The zero-order valence-corrected chi connectivity index (χ0v) is 8.42. The molecule has 0 bridgehead atoms. The molecule has 1 aliphatic rings. The maximum absolute atomic E-state index is 11.6. The van der Waals surface area contributed by atoms with E-state index >= 15 is 0 Å². The summed E-state index contributed by atoms with van der Waals surface area (Å²) in [6.07, 6.45) is 0.912. The molecule has 2 N–H and O–H groups in total. The molecule has 1 rings (SSSR count). The van der Waals surface area contributed by atoms with E-state index in [-0.39, 0.29) is 12.1 Å². The van der Waals surface area contributed by atoms with Gasteiger partial charge in [0.1, 0.15) is 6.04 Å². The van der Waals surface area contributed by atoms with Gasteiger partial charge >= 0.3 is 6.03 Å². The van der Waals surface area contributed by atoms with Crippen LogP contribution in [0.25, 0.3) is 0 Å². The van der Waals surface area contributed by atoms with E-state index in [4.69, 9.17) is 5.26 Å². The summed E-state index contributed by atoms with van der Waals surface area (Å²) in [5, 5.41) is 14.7. The largest absolute Gasteiger partial charge is 0.338 e. The van der Waals surface area contributed by atoms with Gasteiger partial charge in [-0.15, -0.1) is 0 Å². The molecule has 0 radical (unpaired) electrons. The van der Waals surface area contributed by atoms with Crippen LogP contribution in [-0.2, 0) is 0 Å². The first-order valence-corrected chi connectivity index (χ1v) is 4.94. The van der Waals surface area contributed by atoms with Crippen LogP contribution in [0, 0.1) is 11.3 Å². The van der Waals surface area contributed by atoms with Crippen LogP contribution in [-0.4, -0.2) is 43.2 Å². The van der Waals surface area contributed by atoms with Crippen molar-refractivity contribution in [1.29, 1.82) is 5.26 Å². The molecule has 0 aliphatic carbocycles. The molecule has 1 fully saturated rings. The van der Waals surface area contributed by atoms with Gasteiger partial charge in [-0.2, -0.15) is 5.26 Å². The summed E-state index contributed by atoms with van der Waals surface area (Å²) in [5.74, 6) is 0. The van der Waals surface area contributed by atoms with Gasteiger partial charge in [0, 0.05) is 26.2 Å². The Morgan fingerprint density at radius 1 is 1.79 bits per heavy atom. The molecule has 2 amide bonds. The van der Waals surface area contributed by atoms with Gasteiger partial charge in [-0.1, -0.05) is 6.92 Å². The van der Waals surface area contributed by atoms with Crippen molar-refractivity contribution < 1.29 is 4.79 Å². The zero-order valence-electron chi connectivity index (χ0n) is 8.42. The molecule has 0 saturated carbocycles. The highest BCUT2D eigenvalue weighted by Gasteiger charge is 2.25. The van der Waals surface area contributed by atoms with Crippen molar-refractivity contribution in [3.63, 3.8) is 0 Å². The normalized spacial score (nSPS) is 21.4. The predicted molar refractivity (Wildman–Crippen MR) is 52.7 cm³/mol. The van der Waals surface area contributed by atoms with Crippen molar-refractivity contribution >= 4 is 6.03 Å². The Morgan fingerprint density at radius 2 is 2.57 bits per heavy atom. The molecular formula is C9H16N4O. The van der Waals surface area contributed by atoms with Gasteiger partial charge in [-0.05, 0) is 6.42 Å². The first-order chi connectivity index (χ1) is 6.79. The average molecular weight is 196 g/mol. The van der Waals surface area contributed by atoms with Gasteiger partial charge < -0.3 is 15.5 Å². The van der Waals surface area contributed by atoms with E-state index in [1.54, 1.807) is 4.90 Å². The second kappa shape index (κ2) is 5.45. The van der Waals surface area contributed by atoms with Crippen molar-refractivity contribution in [3.05, 3.63) is 0 Å². The topological polar surface area (TPSA) is 68.2 Å². The van der Waals surface area contributed by atoms with E-state index < -0.39 is 0 Å². The number of hydrogen-bond donors (Lipinski definition) is 2. The van der Waals surface area contributed by atoms with Crippen LogP contribution in [0.1, 0.15) is 13.3 Å². The van der Waals surface area contributed by atoms with Gasteiger partial charge in [-0.25, -0.2) is 4.79 Å². The van der Waals surface area contributed by atoms with E-state index in [0.29, 0.717) is 19.6 Å². The van der Waals surface area contributed by atoms with Crippen LogP contribution in [0.4, 0.5) is 4.79 Å². The van der Waals surface area contributed by atoms with Gasteiger partial charge in [0.05, 0.1) is 6.07 Å². The number of amides is 2. The van der Waals surface area contributed by atoms with E-state index in [9.17, 15) is 4.79 Å². The first kappa shape index (κ1) is 10.8. The maximum Gasteiger partial charge on any atom is 0.318 e. The Hall–Kier alpha value is -1.28. The van der Waals surface area contributed by atoms with Gasteiger partial charge in [-0.3, -0.25) is 0 Å². The molecule has 0 aromatic heterocycles. The predicted octanol–water partition coefficient (Wildman–Crippen LogP) is -0.0966.